The number of rotatable bonds is 7. The third-order valence-corrected chi connectivity index (χ3v) is 26.6. The lowest BCUT2D eigenvalue weighted by Crippen LogP contribution is -1.90. The molecule has 0 saturated carbocycles. The Labute approximate surface area is 732 Å². The summed E-state index contributed by atoms with van der Waals surface area (Å²) < 4.78 is 35.1. The van der Waals surface area contributed by atoms with Gasteiger partial charge in [0.05, 0.1) is 0 Å². The first-order chi connectivity index (χ1) is 60.3. The van der Waals surface area contributed by atoms with Crippen LogP contribution in [0.1, 0.15) is 177 Å². The van der Waals surface area contributed by atoms with Crippen molar-refractivity contribution < 1.29 is 22.1 Å². The maximum absolute atomic E-state index is 6.05. The van der Waals surface area contributed by atoms with Crippen LogP contribution in [0.25, 0.3) is 182 Å². The normalized spacial score (nSPS) is 11.8. The van der Waals surface area contributed by atoms with Crippen molar-refractivity contribution in [2.24, 2.45) is 0 Å². The number of fused-ring (bicyclic) bond motifs is 25. The maximum Gasteiger partial charge on any atom is 0.138 e. The zero-order valence-corrected chi connectivity index (χ0v) is 74.8. The topological polar surface area (TPSA) is 65.7 Å². The van der Waals surface area contributed by atoms with Crippen LogP contribution < -0.4 is 0 Å². The smallest absolute Gasteiger partial charge is 0.138 e. The Morgan fingerprint density at radius 2 is 0.581 bits per heavy atom. The molecule has 7 aromatic heterocycles. The quantitative estimate of drug-likeness (QED) is 0.159. The van der Waals surface area contributed by atoms with Crippen LogP contribution in [-0.4, -0.2) is 0 Å². The lowest BCUT2D eigenvalue weighted by Gasteiger charge is -2.12. The molecule has 0 spiro atoms. The van der Waals surface area contributed by atoms with E-state index in [2.05, 4.69) is 370 Å². The van der Waals surface area contributed by atoms with E-state index in [0.717, 1.165) is 55.8 Å². The summed E-state index contributed by atoms with van der Waals surface area (Å²) >= 11 is 3.84. The molecule has 7 heterocycles. The van der Waals surface area contributed by atoms with E-state index in [1.54, 1.807) is 0 Å². The predicted octanol–water partition coefficient (Wildman–Crippen LogP) is 37.4. The highest BCUT2D eigenvalue weighted by Crippen LogP contribution is 2.46. The molecule has 24 aromatic rings. The number of hydrogen-bond acceptors (Lipinski definition) is 7. The first-order valence-corrected chi connectivity index (χ1v) is 45.6. The van der Waals surface area contributed by atoms with Gasteiger partial charge in [-0.3, -0.25) is 0 Å². The molecule has 0 aliphatic carbocycles. The molecule has 0 aliphatic heterocycles. The Balaban J connectivity index is 0.0000000987. The lowest BCUT2D eigenvalue weighted by molar-refractivity contribution is 0.657. The highest BCUT2D eigenvalue weighted by atomic mass is 32.1. The molecule has 7 heteroatoms. The van der Waals surface area contributed by atoms with E-state index in [1.807, 2.05) is 83.3 Å². The lowest BCUT2D eigenvalue weighted by atomic mass is 9.91. The number of hydrogen-bond donors (Lipinski definition) is 0. The second kappa shape index (κ2) is 35.1. The Hall–Kier alpha value is -13.0. The maximum atomic E-state index is 6.05. The average molecular weight is 1650 g/mol. The number of furan rings is 5. The number of thiophene rings is 2. The summed E-state index contributed by atoms with van der Waals surface area (Å²) in [6.45, 7) is 31.3. The van der Waals surface area contributed by atoms with E-state index < -0.39 is 0 Å². The Morgan fingerprint density at radius 3 is 1.20 bits per heavy atom. The third-order valence-electron chi connectivity index (χ3n) is 24.3. The van der Waals surface area contributed by atoms with Gasteiger partial charge in [0.2, 0.25) is 0 Å². The standard InChI is InChI=1S/C19H16O.2C19H16S.4C15H14O/c1-12(2)14-8-5-9-16-18(14)19-15-7-4-3-6-13(15)10-11-17(19)20-16;1-12(2)18-14-8-4-3-7-13(14)11-16-15-9-5-6-10-17(15)20-19(16)18;1-12(2)18-14-8-4-3-7-13(14)11-17-19(18)15-9-5-6-10-16(15)20-17;1-10(2)11-7-5-8-13-12-6-3-4-9-14(12)16-15(11)13;1-10(2)11-7-5-9-14-15(11)12-6-3-4-8-13(12)16-14;1-10(2)11-7-8-15-13(9-11)12-5-3-4-6-14(12)16-15;1-10(2)11-7-8-13-12-5-3-4-6-14(12)16-15(13)9-11/h3*3-12H,1-2H3;4*3-10H,1-2H3. The summed E-state index contributed by atoms with van der Waals surface area (Å²) in [6, 6.07) is 117. The SMILES string of the molecule is CC(C)c1c2ccccc2cc2c1sc1ccccc12.CC(C)c1c2ccccc2cc2sc3ccccc3c12.CC(C)c1ccc2c(c1)oc1ccccc12.CC(C)c1ccc2oc3ccccc3c2c1.CC(C)c1cccc2c1oc1ccccc12.CC(C)c1cccc2oc3ccc4ccccc4c3c12.CC(C)c1cccc2oc3ccccc3c12. The van der Waals surface area contributed by atoms with Crippen molar-refractivity contribution in [2.75, 3.05) is 0 Å². The molecule has 24 rings (SSSR count). The minimum Gasteiger partial charge on any atom is -0.456 e. The van der Waals surface area contributed by atoms with Gasteiger partial charge in [0.15, 0.2) is 0 Å². The highest BCUT2D eigenvalue weighted by Gasteiger charge is 2.21. The van der Waals surface area contributed by atoms with Crippen LogP contribution in [0.4, 0.5) is 0 Å². The van der Waals surface area contributed by atoms with Gasteiger partial charge in [0, 0.05) is 94.2 Å². The van der Waals surface area contributed by atoms with Crippen molar-refractivity contribution in [3.05, 3.63) is 373 Å². The van der Waals surface area contributed by atoms with Gasteiger partial charge in [-0.15, -0.1) is 22.7 Å². The Morgan fingerprint density at radius 1 is 0.185 bits per heavy atom. The summed E-state index contributed by atoms with van der Waals surface area (Å²) in [5.74, 6) is 3.65. The summed E-state index contributed by atoms with van der Waals surface area (Å²) in [6.07, 6.45) is 0. The van der Waals surface area contributed by atoms with Crippen LogP contribution in [0.3, 0.4) is 0 Å². The number of para-hydroxylation sites is 5. The van der Waals surface area contributed by atoms with E-state index >= 15 is 0 Å². The van der Waals surface area contributed by atoms with Gasteiger partial charge in [-0.05, 0) is 198 Å². The van der Waals surface area contributed by atoms with E-state index in [4.69, 9.17) is 22.1 Å². The van der Waals surface area contributed by atoms with Gasteiger partial charge in [0.1, 0.15) is 55.8 Å². The molecule has 0 atom stereocenters. The van der Waals surface area contributed by atoms with Crippen LogP contribution >= 0.6 is 22.7 Å². The van der Waals surface area contributed by atoms with Crippen molar-refractivity contribution in [2.45, 2.75) is 138 Å². The summed E-state index contributed by atoms with van der Waals surface area (Å²) in [5, 5.41) is 26.0. The first kappa shape index (κ1) is 81.9. The average Bonchev–Trinajstić information content (AvgIpc) is 1.60. The fourth-order valence-electron chi connectivity index (χ4n) is 18.1. The minimum absolute atomic E-state index is 0.485. The van der Waals surface area contributed by atoms with Crippen LogP contribution in [-0.2, 0) is 0 Å². The monoisotopic (exact) mass is 1650 g/mol. The molecule has 0 unspecified atom stereocenters. The van der Waals surface area contributed by atoms with Crippen LogP contribution in [0, 0.1) is 0 Å². The predicted molar refractivity (Wildman–Crippen MR) is 538 cm³/mol. The molecule has 5 nitrogen and oxygen atoms in total. The van der Waals surface area contributed by atoms with Crippen LogP contribution in [0.15, 0.2) is 356 Å². The highest BCUT2D eigenvalue weighted by molar-refractivity contribution is 7.26. The summed E-state index contributed by atoms with van der Waals surface area (Å²) in [4.78, 5) is 0. The van der Waals surface area contributed by atoms with Crippen LogP contribution in [0.5, 0.6) is 0 Å². The second-order valence-corrected chi connectivity index (χ2v) is 37.0. The van der Waals surface area contributed by atoms with Crippen LogP contribution in [0.2, 0.25) is 0 Å². The van der Waals surface area contributed by atoms with Gasteiger partial charge in [-0.1, -0.05) is 346 Å². The molecule has 0 aliphatic rings. The molecule has 0 radical (unpaired) electrons. The molecule has 17 aromatic carbocycles. The molecule has 0 N–H and O–H groups in total. The molecule has 0 amide bonds. The zero-order chi connectivity index (χ0) is 85.6. The Bertz CT molecular complexity index is 7980. The first-order valence-electron chi connectivity index (χ1n) is 43.9. The summed E-state index contributed by atoms with van der Waals surface area (Å²) in [7, 11) is 0. The summed E-state index contributed by atoms with van der Waals surface area (Å²) in [5.41, 5.74) is 19.6. The second-order valence-electron chi connectivity index (χ2n) is 34.9. The van der Waals surface area contributed by atoms with Crippen molar-refractivity contribution in [3.8, 4) is 0 Å². The number of benzene rings is 17. The van der Waals surface area contributed by atoms with Crippen molar-refractivity contribution >= 4 is 205 Å². The molecule has 614 valence electrons. The van der Waals surface area contributed by atoms with Gasteiger partial charge < -0.3 is 22.1 Å². The zero-order valence-electron chi connectivity index (χ0n) is 73.2. The third kappa shape index (κ3) is 15.9. The molecule has 0 saturated heterocycles. The van der Waals surface area contributed by atoms with E-state index in [9.17, 15) is 0 Å². The molecule has 0 bridgehead atoms. The molecule has 124 heavy (non-hydrogen) atoms. The largest absolute Gasteiger partial charge is 0.456 e. The fourth-order valence-corrected chi connectivity index (χ4v) is 20.7. The van der Waals surface area contributed by atoms with Crippen molar-refractivity contribution in [1.82, 2.24) is 0 Å². The van der Waals surface area contributed by atoms with E-state index in [0.29, 0.717) is 41.4 Å². The van der Waals surface area contributed by atoms with Crippen molar-refractivity contribution in [3.63, 3.8) is 0 Å². The minimum atomic E-state index is 0.485. The molecular weight excluding hydrogens is 1550 g/mol. The fraction of sp³-hybridized carbons (Fsp3) is 0.179. The molecular formula is C117H104O5S2. The van der Waals surface area contributed by atoms with Gasteiger partial charge in [-0.25, -0.2) is 0 Å². The van der Waals surface area contributed by atoms with Gasteiger partial charge in [-0.2, -0.15) is 0 Å². The van der Waals surface area contributed by atoms with E-state index in [1.165, 1.54) is 165 Å². The van der Waals surface area contributed by atoms with E-state index in [-0.39, 0.29) is 0 Å². The van der Waals surface area contributed by atoms with Gasteiger partial charge in [0.25, 0.3) is 0 Å². The van der Waals surface area contributed by atoms with Crippen molar-refractivity contribution in [1.29, 1.82) is 0 Å². The Kier molecular flexibility index (Phi) is 23.2. The molecule has 0 fully saturated rings. The van der Waals surface area contributed by atoms with Gasteiger partial charge >= 0.3 is 0 Å².